The van der Waals surface area contributed by atoms with Crippen molar-refractivity contribution in [1.29, 1.82) is 0 Å². The smallest absolute Gasteiger partial charge is 0.294 e. The summed E-state index contributed by atoms with van der Waals surface area (Å²) in [6, 6.07) is 12.1. The summed E-state index contributed by atoms with van der Waals surface area (Å²) in [5, 5.41) is 2.20. The highest BCUT2D eigenvalue weighted by Crippen LogP contribution is 2.34. The van der Waals surface area contributed by atoms with E-state index in [1.807, 2.05) is 42.5 Å². The molecule has 6 heteroatoms. The maximum atomic E-state index is 5.63. The molecule has 2 heterocycles. The molecule has 2 aromatic rings. The fourth-order valence-electron chi connectivity index (χ4n) is 2.69. The van der Waals surface area contributed by atoms with Crippen molar-refractivity contribution < 1.29 is 14.5 Å². The summed E-state index contributed by atoms with van der Waals surface area (Å²) in [5.41, 5.74) is 2.15. The number of hydrogen-bond acceptors (Lipinski definition) is 4. The van der Waals surface area contributed by atoms with Crippen molar-refractivity contribution in [3.8, 4) is 5.75 Å². The van der Waals surface area contributed by atoms with Crippen LogP contribution in [-0.2, 0) is 0 Å². The fourth-order valence-corrected chi connectivity index (χ4v) is 4.41. The van der Waals surface area contributed by atoms with E-state index in [-0.39, 0.29) is 6.04 Å². The molecule has 126 valence electrons. The molecule has 0 spiro atoms. The van der Waals surface area contributed by atoms with Crippen LogP contribution in [0.1, 0.15) is 23.8 Å². The molecule has 0 bridgehead atoms. The first-order valence-electron chi connectivity index (χ1n) is 7.70. The Hall–Kier alpha value is -1.50. The Balaban J connectivity index is 1.93. The van der Waals surface area contributed by atoms with Crippen LogP contribution in [-0.4, -0.2) is 22.5 Å². The van der Waals surface area contributed by atoms with E-state index in [4.69, 9.17) is 14.1 Å². The first-order valence-corrected chi connectivity index (χ1v) is 9.48. The van der Waals surface area contributed by atoms with Gasteiger partial charge in [-0.15, -0.1) is 6.58 Å². The molecule has 4 nitrogen and oxygen atoms in total. The van der Waals surface area contributed by atoms with Gasteiger partial charge in [-0.25, -0.2) is 4.99 Å². The van der Waals surface area contributed by atoms with E-state index in [2.05, 4.69) is 27.8 Å². The number of methoxy groups -OCH3 is 1. The van der Waals surface area contributed by atoms with Crippen molar-refractivity contribution in [2.24, 2.45) is 4.99 Å². The molecule has 1 aliphatic heterocycles. The van der Waals surface area contributed by atoms with E-state index in [0.29, 0.717) is 0 Å². The largest absolute Gasteiger partial charge is 0.497 e. The van der Waals surface area contributed by atoms with Gasteiger partial charge in [-0.3, -0.25) is 5.32 Å². The predicted molar refractivity (Wildman–Crippen MR) is 102 cm³/mol. The van der Waals surface area contributed by atoms with Crippen molar-refractivity contribution in [3.05, 3.63) is 66.6 Å². The van der Waals surface area contributed by atoms with Gasteiger partial charge < -0.3 is 9.15 Å². The van der Waals surface area contributed by atoms with Crippen molar-refractivity contribution >= 4 is 33.4 Å². The average Bonchev–Trinajstić information content (AvgIpc) is 3.14. The second-order valence-electron chi connectivity index (χ2n) is 5.49. The quantitative estimate of drug-likeness (QED) is 0.451. The first-order chi connectivity index (χ1) is 11.6. The van der Waals surface area contributed by atoms with Crippen molar-refractivity contribution in [3.63, 3.8) is 0 Å². The maximum Gasteiger partial charge on any atom is 0.294 e. The monoisotopic (exact) mass is 407 g/mol. The summed E-state index contributed by atoms with van der Waals surface area (Å²) in [6.07, 6.45) is 4.41. The number of furan rings is 1. The van der Waals surface area contributed by atoms with E-state index in [9.17, 15) is 0 Å². The predicted octanol–water partition coefficient (Wildman–Crippen LogP) is 3.71. The number of benzene rings is 1. The Morgan fingerprint density at radius 1 is 1.46 bits per heavy atom. The van der Waals surface area contributed by atoms with Crippen molar-refractivity contribution in [2.45, 2.75) is 16.4 Å². The molecule has 0 fully saturated rings. The third-order valence-corrected chi connectivity index (χ3v) is 6.01. The first kappa shape index (κ1) is 17.3. The normalized spacial score (nSPS) is 23.6. The second kappa shape index (κ2) is 7.59. The van der Waals surface area contributed by atoms with Crippen LogP contribution in [0.25, 0.3) is 0 Å². The molecule has 0 saturated carbocycles. The van der Waals surface area contributed by atoms with Crippen LogP contribution in [0.2, 0.25) is 0 Å². The van der Waals surface area contributed by atoms with Gasteiger partial charge in [0.05, 0.1) is 25.5 Å². The van der Waals surface area contributed by atoms with Crippen LogP contribution in [0.5, 0.6) is 5.75 Å². The zero-order valence-electron chi connectivity index (χ0n) is 13.4. The molecule has 1 aliphatic rings. The Labute approximate surface area is 154 Å². The van der Waals surface area contributed by atoms with Gasteiger partial charge >= 0.3 is 0 Å². The minimum absolute atomic E-state index is 0.172. The number of ether oxygens (including phenoxy) is 1. The van der Waals surface area contributed by atoms with E-state index < -0.39 is 3.90 Å². The highest BCUT2D eigenvalue weighted by molar-refractivity contribution is 9.11. The number of nitrogens with zero attached hydrogens (tertiary/aromatic N) is 1. The number of thioether (sulfide) groups is 1. The van der Waals surface area contributed by atoms with E-state index in [0.717, 1.165) is 35.0 Å². The highest BCUT2D eigenvalue weighted by Gasteiger charge is 2.40. The van der Waals surface area contributed by atoms with Crippen LogP contribution in [0.4, 0.5) is 0 Å². The van der Waals surface area contributed by atoms with E-state index in [1.54, 1.807) is 25.1 Å². The zero-order valence-corrected chi connectivity index (χ0v) is 15.8. The number of nitrogens with two attached hydrogens (primary N) is 1. The SMILES string of the molecule is C=CCS[C@@]1(Br)N=C(c2ccc(OC)cc2)C[C@H](c2ccco2)[NH2+]1. The lowest BCUT2D eigenvalue weighted by Crippen LogP contribution is -2.95. The Kier molecular flexibility index (Phi) is 5.48. The number of halogens is 1. The summed E-state index contributed by atoms with van der Waals surface area (Å²) < 4.78 is 10.4. The number of alkyl halides is 1. The molecule has 1 aromatic heterocycles. The van der Waals surface area contributed by atoms with E-state index >= 15 is 0 Å². The van der Waals surface area contributed by atoms with Crippen molar-refractivity contribution in [2.75, 3.05) is 12.9 Å². The van der Waals surface area contributed by atoms with Crippen LogP contribution in [0.15, 0.2) is 64.7 Å². The highest BCUT2D eigenvalue weighted by atomic mass is 79.9. The lowest BCUT2D eigenvalue weighted by Gasteiger charge is -2.30. The maximum absolute atomic E-state index is 5.63. The van der Waals surface area contributed by atoms with Crippen LogP contribution >= 0.6 is 27.7 Å². The second-order valence-corrected chi connectivity index (χ2v) is 8.47. The summed E-state index contributed by atoms with van der Waals surface area (Å²) in [5.74, 6) is 2.61. The number of rotatable bonds is 6. The molecule has 2 N–H and O–H groups in total. The van der Waals surface area contributed by atoms with Gasteiger partial charge in [-0.2, -0.15) is 0 Å². The standard InChI is InChI=1S/C18H19BrN2O2S/c1-3-11-24-18(19)20-15(13-6-8-14(22-2)9-7-13)12-16(21-18)17-5-4-10-23-17/h3-10,16,21H,1,11-12H2,2H3/p+1/t16-,18+/m1/s1. The Bertz CT molecular complexity index is 715. The van der Waals surface area contributed by atoms with Crippen LogP contribution < -0.4 is 10.1 Å². The summed E-state index contributed by atoms with van der Waals surface area (Å²) >= 11 is 5.49. The summed E-state index contributed by atoms with van der Waals surface area (Å²) in [7, 11) is 1.67. The molecule has 0 aliphatic carbocycles. The molecular weight excluding hydrogens is 388 g/mol. The lowest BCUT2D eigenvalue weighted by molar-refractivity contribution is -0.719. The molecule has 0 saturated heterocycles. The van der Waals surface area contributed by atoms with Gasteiger partial charge in [0.2, 0.25) is 0 Å². The van der Waals surface area contributed by atoms with Gasteiger partial charge in [-0.05, 0) is 42.0 Å². The minimum atomic E-state index is -0.480. The lowest BCUT2D eigenvalue weighted by atomic mass is 10.00. The van der Waals surface area contributed by atoms with Crippen LogP contribution in [0.3, 0.4) is 0 Å². The third kappa shape index (κ3) is 3.94. The Morgan fingerprint density at radius 3 is 2.88 bits per heavy atom. The molecule has 0 amide bonds. The van der Waals surface area contributed by atoms with Gasteiger partial charge in [-0.1, -0.05) is 17.8 Å². The van der Waals surface area contributed by atoms with Gasteiger partial charge in [0.25, 0.3) is 3.90 Å². The molecule has 24 heavy (non-hydrogen) atoms. The third-order valence-electron chi connectivity index (χ3n) is 3.84. The minimum Gasteiger partial charge on any atom is -0.497 e. The van der Waals surface area contributed by atoms with E-state index in [1.165, 1.54) is 0 Å². The zero-order chi connectivity index (χ0) is 17.0. The summed E-state index contributed by atoms with van der Waals surface area (Å²) in [6.45, 7) is 3.80. The molecule has 0 unspecified atom stereocenters. The van der Waals surface area contributed by atoms with Gasteiger partial charge in [0.15, 0.2) is 11.8 Å². The topological polar surface area (TPSA) is 51.3 Å². The summed E-state index contributed by atoms with van der Waals surface area (Å²) in [4.78, 5) is 4.95. The van der Waals surface area contributed by atoms with Gasteiger partial charge in [0.1, 0.15) is 5.75 Å². The number of quaternary nitrogens is 1. The fraction of sp³-hybridized carbons (Fsp3) is 0.278. The Morgan fingerprint density at radius 2 is 2.25 bits per heavy atom. The molecular formula is C18H20BrN2O2S+. The number of aliphatic imine (C=N–C) groups is 1. The molecule has 3 rings (SSSR count). The average molecular weight is 408 g/mol. The van der Waals surface area contributed by atoms with Crippen molar-refractivity contribution in [1.82, 2.24) is 0 Å². The van der Waals surface area contributed by atoms with Crippen LogP contribution in [0, 0.1) is 0 Å². The number of hydrogen-bond donors (Lipinski definition) is 1. The molecule has 1 aromatic carbocycles. The molecule has 0 radical (unpaired) electrons. The van der Waals surface area contributed by atoms with Gasteiger partial charge in [0, 0.05) is 21.7 Å². The molecule has 2 atom stereocenters.